The van der Waals surface area contributed by atoms with Crippen LogP contribution < -0.4 is 10.0 Å². The highest BCUT2D eigenvalue weighted by Gasteiger charge is 2.11. The van der Waals surface area contributed by atoms with Gasteiger partial charge in [-0.15, -0.1) is 0 Å². The van der Waals surface area contributed by atoms with Gasteiger partial charge in [-0.3, -0.25) is 0 Å². The topological polar surface area (TPSA) is 71.3 Å². The van der Waals surface area contributed by atoms with Crippen LogP contribution in [0.5, 0.6) is 0 Å². The molecule has 0 unspecified atom stereocenters. The van der Waals surface area contributed by atoms with E-state index in [0.29, 0.717) is 23.2 Å². The number of hydrogen-bond acceptors (Lipinski definition) is 4. The van der Waals surface area contributed by atoms with Crippen LogP contribution in [0, 0.1) is 0 Å². The number of sulfonamides is 1. The van der Waals surface area contributed by atoms with E-state index >= 15 is 0 Å². The predicted molar refractivity (Wildman–Crippen MR) is 73.7 cm³/mol. The fourth-order valence-corrected chi connectivity index (χ4v) is 2.46. The zero-order valence-corrected chi connectivity index (χ0v) is 11.8. The molecule has 19 heavy (non-hydrogen) atoms. The van der Waals surface area contributed by atoms with Crippen LogP contribution in [0.15, 0.2) is 45.7 Å². The van der Waals surface area contributed by atoms with Gasteiger partial charge in [-0.2, -0.15) is 0 Å². The normalized spacial score (nSPS) is 11.5. The Morgan fingerprint density at radius 3 is 2.68 bits per heavy atom. The number of anilines is 1. The van der Waals surface area contributed by atoms with Crippen molar-refractivity contribution in [3.8, 4) is 0 Å². The molecule has 2 aromatic rings. The lowest BCUT2D eigenvalue weighted by atomic mass is 10.3. The second kappa shape index (κ2) is 5.64. The summed E-state index contributed by atoms with van der Waals surface area (Å²) in [6.07, 6.45) is 0. The van der Waals surface area contributed by atoms with Gasteiger partial charge in [-0.25, -0.2) is 13.1 Å². The first-order valence-corrected chi connectivity index (χ1v) is 7.39. The van der Waals surface area contributed by atoms with E-state index in [0.717, 1.165) is 0 Å². The highest BCUT2D eigenvalue weighted by atomic mass is 35.5. The fraction of sp³-hybridized carbons (Fsp3) is 0.167. The number of nitrogens with one attached hydrogen (secondary N) is 2. The minimum atomic E-state index is -3.43. The maximum atomic E-state index is 11.7. The third kappa shape index (κ3) is 3.50. The molecular weight excluding hydrogens is 288 g/mol. The number of benzene rings is 1. The van der Waals surface area contributed by atoms with Crippen LogP contribution in [0.3, 0.4) is 0 Å². The Kier molecular flexibility index (Phi) is 4.14. The molecule has 0 spiro atoms. The van der Waals surface area contributed by atoms with Crippen molar-refractivity contribution < 1.29 is 12.8 Å². The van der Waals surface area contributed by atoms with E-state index in [-0.39, 0.29) is 4.90 Å². The van der Waals surface area contributed by atoms with Crippen LogP contribution in [0.4, 0.5) is 5.69 Å². The number of hydrogen-bond donors (Lipinski definition) is 2. The lowest BCUT2D eigenvalue weighted by molar-refractivity contribution is 0.520. The molecule has 5 nitrogen and oxygen atoms in total. The fourth-order valence-electron chi connectivity index (χ4n) is 1.53. The van der Waals surface area contributed by atoms with Crippen molar-refractivity contribution in [1.29, 1.82) is 0 Å². The number of halogens is 1. The maximum Gasteiger partial charge on any atom is 0.240 e. The summed E-state index contributed by atoms with van der Waals surface area (Å²) in [7, 11) is -2.06. The summed E-state index contributed by atoms with van der Waals surface area (Å²) in [6.45, 7) is 0.426. The molecule has 102 valence electrons. The summed E-state index contributed by atoms with van der Waals surface area (Å²) in [5.74, 6) is 0.673. The monoisotopic (exact) mass is 300 g/mol. The number of furan rings is 1. The van der Waals surface area contributed by atoms with E-state index in [9.17, 15) is 8.42 Å². The molecule has 0 aliphatic heterocycles. The summed E-state index contributed by atoms with van der Waals surface area (Å²) >= 11 is 5.66. The van der Waals surface area contributed by atoms with E-state index < -0.39 is 10.0 Å². The Morgan fingerprint density at radius 2 is 2.05 bits per heavy atom. The molecule has 0 bridgehead atoms. The van der Waals surface area contributed by atoms with Crippen molar-refractivity contribution in [3.63, 3.8) is 0 Å². The quantitative estimate of drug-likeness (QED) is 0.890. The van der Waals surface area contributed by atoms with Crippen molar-refractivity contribution in [1.82, 2.24) is 4.72 Å². The van der Waals surface area contributed by atoms with Crippen LogP contribution in [-0.4, -0.2) is 15.5 Å². The van der Waals surface area contributed by atoms with Crippen LogP contribution in [0.2, 0.25) is 5.22 Å². The molecule has 0 saturated heterocycles. The van der Waals surface area contributed by atoms with Crippen molar-refractivity contribution >= 4 is 27.3 Å². The molecule has 0 saturated carbocycles. The van der Waals surface area contributed by atoms with Crippen molar-refractivity contribution in [3.05, 3.63) is 47.4 Å². The van der Waals surface area contributed by atoms with Gasteiger partial charge in [0.2, 0.25) is 10.0 Å². The molecule has 1 aromatic heterocycles. The van der Waals surface area contributed by atoms with Crippen molar-refractivity contribution in [2.24, 2.45) is 0 Å². The average Bonchev–Trinajstić information content (AvgIpc) is 2.82. The Balaban J connectivity index is 2.11. The summed E-state index contributed by atoms with van der Waals surface area (Å²) in [5, 5.41) is 3.39. The van der Waals surface area contributed by atoms with Crippen molar-refractivity contribution in [2.75, 3.05) is 12.4 Å². The first-order chi connectivity index (χ1) is 9.01. The Labute approximate surface area is 116 Å². The second-order valence-corrected chi connectivity index (χ2v) is 6.05. The van der Waals surface area contributed by atoms with Crippen LogP contribution in [-0.2, 0) is 16.6 Å². The minimum Gasteiger partial charge on any atom is -0.448 e. The molecule has 0 amide bonds. The van der Waals surface area contributed by atoms with Gasteiger partial charge in [0.05, 0.1) is 11.4 Å². The molecule has 2 rings (SSSR count). The van der Waals surface area contributed by atoms with E-state index in [2.05, 4.69) is 10.0 Å². The first-order valence-electron chi connectivity index (χ1n) is 5.53. The zero-order chi connectivity index (χ0) is 13.9. The molecule has 7 heteroatoms. The Morgan fingerprint density at radius 1 is 1.26 bits per heavy atom. The van der Waals surface area contributed by atoms with Gasteiger partial charge < -0.3 is 9.73 Å². The standard InChI is InChI=1S/C12H13ClN2O3S/c1-14-19(16,17)11-4-2-3-9(7-11)15-8-10-5-6-12(13)18-10/h2-7,14-15H,8H2,1H3. The molecule has 0 atom stereocenters. The maximum absolute atomic E-state index is 11.7. The van der Waals surface area contributed by atoms with Gasteiger partial charge in [-0.05, 0) is 49.0 Å². The molecular formula is C12H13ClN2O3S. The van der Waals surface area contributed by atoms with Crippen LogP contribution in [0.1, 0.15) is 5.76 Å². The Hall–Kier alpha value is -1.50. The molecule has 0 aliphatic carbocycles. The summed E-state index contributed by atoms with van der Waals surface area (Å²) in [5.41, 5.74) is 0.684. The predicted octanol–water partition coefficient (Wildman–Crippen LogP) is 2.45. The highest BCUT2D eigenvalue weighted by molar-refractivity contribution is 7.89. The third-order valence-corrected chi connectivity index (χ3v) is 4.12. The first kappa shape index (κ1) is 13.9. The van der Waals surface area contributed by atoms with Crippen LogP contribution >= 0.6 is 11.6 Å². The smallest absolute Gasteiger partial charge is 0.240 e. The van der Waals surface area contributed by atoms with Gasteiger partial charge >= 0.3 is 0 Å². The van der Waals surface area contributed by atoms with Gasteiger partial charge in [-0.1, -0.05) is 6.07 Å². The average molecular weight is 301 g/mol. The highest BCUT2D eigenvalue weighted by Crippen LogP contribution is 2.18. The lowest BCUT2D eigenvalue weighted by Gasteiger charge is -2.07. The van der Waals surface area contributed by atoms with Gasteiger partial charge in [0.25, 0.3) is 0 Å². The molecule has 1 heterocycles. The Bertz CT molecular complexity index is 667. The van der Waals surface area contributed by atoms with Gasteiger partial charge in [0, 0.05) is 5.69 Å². The van der Waals surface area contributed by atoms with Gasteiger partial charge in [0.15, 0.2) is 5.22 Å². The minimum absolute atomic E-state index is 0.206. The molecule has 1 aromatic carbocycles. The SMILES string of the molecule is CNS(=O)(=O)c1cccc(NCc2ccc(Cl)o2)c1. The summed E-state index contributed by atoms with van der Waals surface area (Å²) in [4.78, 5) is 0.206. The second-order valence-electron chi connectivity index (χ2n) is 3.79. The number of rotatable bonds is 5. The van der Waals surface area contributed by atoms with E-state index in [1.54, 1.807) is 30.3 Å². The lowest BCUT2D eigenvalue weighted by Crippen LogP contribution is -2.18. The molecule has 0 aliphatic rings. The molecule has 2 N–H and O–H groups in total. The summed E-state index contributed by atoms with van der Waals surface area (Å²) in [6, 6.07) is 9.93. The van der Waals surface area contributed by atoms with Crippen LogP contribution in [0.25, 0.3) is 0 Å². The zero-order valence-electron chi connectivity index (χ0n) is 10.2. The molecule has 0 fully saturated rings. The third-order valence-electron chi connectivity index (χ3n) is 2.51. The van der Waals surface area contributed by atoms with E-state index in [1.807, 2.05) is 0 Å². The van der Waals surface area contributed by atoms with Gasteiger partial charge in [0.1, 0.15) is 5.76 Å². The van der Waals surface area contributed by atoms with Crippen molar-refractivity contribution in [2.45, 2.75) is 11.4 Å². The van der Waals surface area contributed by atoms with E-state index in [4.69, 9.17) is 16.0 Å². The summed E-state index contributed by atoms with van der Waals surface area (Å²) < 4.78 is 30.8. The van der Waals surface area contributed by atoms with E-state index in [1.165, 1.54) is 13.1 Å². The molecule has 0 radical (unpaired) electrons. The largest absolute Gasteiger partial charge is 0.448 e.